The summed E-state index contributed by atoms with van der Waals surface area (Å²) in [5.41, 5.74) is 1.93. The van der Waals surface area contributed by atoms with Gasteiger partial charge in [0.05, 0.1) is 0 Å². The Morgan fingerprint density at radius 3 is 2.48 bits per heavy atom. The quantitative estimate of drug-likeness (QED) is 0.695. The van der Waals surface area contributed by atoms with Crippen LogP contribution in [0.25, 0.3) is 0 Å². The lowest BCUT2D eigenvalue weighted by Gasteiger charge is -2.34. The maximum Gasteiger partial charge on any atom is 0.411 e. The number of benzene rings is 1. The first-order chi connectivity index (χ1) is 13.9. The number of amides is 2. The maximum absolute atomic E-state index is 12.6. The van der Waals surface area contributed by atoms with Gasteiger partial charge in [0.1, 0.15) is 6.61 Å². The average molecular weight is 414 g/mol. The van der Waals surface area contributed by atoms with E-state index in [9.17, 15) is 18.0 Å². The molecule has 0 atom stereocenters. The molecule has 1 N–H and O–H groups in total. The fraction of sp³-hybridized carbons (Fsp3) is 0.650. The average Bonchev–Trinajstić information content (AvgIpc) is 3.22. The van der Waals surface area contributed by atoms with Crippen molar-refractivity contribution in [3.05, 3.63) is 24.3 Å². The molecule has 2 saturated heterocycles. The Morgan fingerprint density at radius 1 is 1.07 bits per heavy atom. The van der Waals surface area contributed by atoms with E-state index in [1.54, 1.807) is 4.90 Å². The zero-order chi connectivity index (χ0) is 20.7. The van der Waals surface area contributed by atoms with E-state index in [4.69, 9.17) is 0 Å². The Labute approximate surface area is 169 Å². The SMILES string of the molecule is O=C(Nc1cccc(N2CCCC2)c1)N1CCN(CCCOCC(F)(F)F)CC1. The van der Waals surface area contributed by atoms with Gasteiger partial charge in [-0.25, -0.2) is 4.79 Å². The first-order valence-electron chi connectivity index (χ1n) is 10.2. The highest BCUT2D eigenvalue weighted by Crippen LogP contribution is 2.23. The lowest BCUT2D eigenvalue weighted by molar-refractivity contribution is -0.174. The number of hydrogen-bond acceptors (Lipinski definition) is 4. The van der Waals surface area contributed by atoms with Gasteiger partial charge in [-0.05, 0) is 37.5 Å². The molecule has 0 spiro atoms. The predicted octanol–water partition coefficient (Wildman–Crippen LogP) is 3.41. The van der Waals surface area contributed by atoms with Crippen LogP contribution in [0.5, 0.6) is 0 Å². The first-order valence-corrected chi connectivity index (χ1v) is 10.2. The van der Waals surface area contributed by atoms with Crippen molar-refractivity contribution in [2.24, 2.45) is 0 Å². The Kier molecular flexibility index (Phi) is 7.60. The van der Waals surface area contributed by atoms with Crippen molar-refractivity contribution in [2.75, 3.05) is 69.2 Å². The topological polar surface area (TPSA) is 48.1 Å². The van der Waals surface area contributed by atoms with Gasteiger partial charge in [-0.3, -0.25) is 4.90 Å². The zero-order valence-corrected chi connectivity index (χ0v) is 16.6. The highest BCUT2D eigenvalue weighted by Gasteiger charge is 2.27. The lowest BCUT2D eigenvalue weighted by Crippen LogP contribution is -2.50. The highest BCUT2D eigenvalue weighted by atomic mass is 19.4. The number of carbonyl (C=O) groups is 1. The van der Waals surface area contributed by atoms with Crippen molar-refractivity contribution in [1.29, 1.82) is 0 Å². The molecule has 9 heteroatoms. The fourth-order valence-corrected chi connectivity index (χ4v) is 3.71. The third-order valence-electron chi connectivity index (χ3n) is 5.26. The monoisotopic (exact) mass is 414 g/mol. The van der Waals surface area contributed by atoms with Crippen LogP contribution in [-0.4, -0.2) is 81.0 Å². The van der Waals surface area contributed by atoms with Crippen LogP contribution >= 0.6 is 0 Å². The number of nitrogens with one attached hydrogen (secondary N) is 1. The largest absolute Gasteiger partial charge is 0.411 e. The minimum Gasteiger partial charge on any atom is -0.372 e. The molecule has 29 heavy (non-hydrogen) atoms. The van der Waals surface area contributed by atoms with Crippen LogP contribution in [-0.2, 0) is 4.74 Å². The van der Waals surface area contributed by atoms with Gasteiger partial charge in [0.2, 0.25) is 0 Å². The summed E-state index contributed by atoms with van der Waals surface area (Å²) in [5, 5.41) is 2.98. The van der Waals surface area contributed by atoms with Crippen LogP contribution in [0.4, 0.5) is 29.3 Å². The molecule has 2 aliphatic rings. The van der Waals surface area contributed by atoms with Gasteiger partial charge in [-0.15, -0.1) is 0 Å². The second-order valence-electron chi connectivity index (χ2n) is 7.52. The van der Waals surface area contributed by atoms with Crippen molar-refractivity contribution >= 4 is 17.4 Å². The van der Waals surface area contributed by atoms with E-state index in [1.165, 1.54) is 12.8 Å². The molecule has 3 rings (SSSR count). The number of anilines is 2. The molecule has 2 heterocycles. The molecule has 0 saturated carbocycles. The molecule has 0 unspecified atom stereocenters. The normalized spacial score (nSPS) is 18.3. The van der Waals surface area contributed by atoms with Gasteiger partial charge in [-0.2, -0.15) is 13.2 Å². The lowest BCUT2D eigenvalue weighted by atomic mass is 10.2. The van der Waals surface area contributed by atoms with Crippen LogP contribution in [0.15, 0.2) is 24.3 Å². The molecule has 2 fully saturated rings. The third kappa shape index (κ3) is 7.08. The number of alkyl halides is 3. The number of urea groups is 1. The van der Waals surface area contributed by atoms with E-state index in [-0.39, 0.29) is 12.6 Å². The molecule has 2 amide bonds. The summed E-state index contributed by atoms with van der Waals surface area (Å²) in [6, 6.07) is 7.83. The molecule has 0 aliphatic carbocycles. The summed E-state index contributed by atoms with van der Waals surface area (Å²) < 4.78 is 40.7. The number of hydrogen-bond donors (Lipinski definition) is 1. The van der Waals surface area contributed by atoms with Gasteiger partial charge < -0.3 is 19.9 Å². The summed E-state index contributed by atoms with van der Waals surface area (Å²) in [6.07, 6.45) is -1.32. The highest BCUT2D eigenvalue weighted by molar-refractivity contribution is 5.90. The van der Waals surface area contributed by atoms with Gasteiger partial charge in [0.25, 0.3) is 0 Å². The Morgan fingerprint density at radius 2 is 1.79 bits per heavy atom. The Balaban J connectivity index is 1.36. The van der Waals surface area contributed by atoms with E-state index in [1.807, 2.05) is 18.2 Å². The smallest absolute Gasteiger partial charge is 0.372 e. The molecule has 162 valence electrons. The van der Waals surface area contributed by atoms with Crippen molar-refractivity contribution in [1.82, 2.24) is 9.80 Å². The van der Waals surface area contributed by atoms with Crippen molar-refractivity contribution in [3.63, 3.8) is 0 Å². The molecule has 6 nitrogen and oxygen atoms in total. The molecule has 0 aromatic heterocycles. The fourth-order valence-electron chi connectivity index (χ4n) is 3.71. The number of carbonyl (C=O) groups excluding carboxylic acids is 1. The number of ether oxygens (including phenoxy) is 1. The molecule has 1 aromatic carbocycles. The summed E-state index contributed by atoms with van der Waals surface area (Å²) in [4.78, 5) is 18.8. The summed E-state index contributed by atoms with van der Waals surface area (Å²) in [7, 11) is 0. The summed E-state index contributed by atoms with van der Waals surface area (Å²) in [5.74, 6) is 0. The van der Waals surface area contributed by atoms with E-state index in [2.05, 4.69) is 25.9 Å². The standard InChI is InChI=1S/C20H29F3N4O2/c21-20(22,23)16-29-14-4-7-25-10-12-27(13-11-25)19(28)24-17-5-3-6-18(15-17)26-8-1-2-9-26/h3,5-6,15H,1-2,4,7-14,16H2,(H,24,28). The Hall–Kier alpha value is -2.00. The number of halogens is 3. The van der Waals surface area contributed by atoms with Gasteiger partial charge >= 0.3 is 12.2 Å². The second kappa shape index (κ2) is 10.2. The number of rotatable bonds is 7. The second-order valence-corrected chi connectivity index (χ2v) is 7.52. The van der Waals surface area contributed by atoms with Crippen molar-refractivity contribution in [2.45, 2.75) is 25.4 Å². The molecule has 0 bridgehead atoms. The first kappa shape index (κ1) is 21.7. The molecule has 1 aromatic rings. The van der Waals surface area contributed by atoms with Crippen LogP contribution < -0.4 is 10.2 Å². The van der Waals surface area contributed by atoms with Gasteiger partial charge in [-0.1, -0.05) is 6.07 Å². The van der Waals surface area contributed by atoms with Crippen molar-refractivity contribution < 1.29 is 22.7 Å². The van der Waals surface area contributed by atoms with Crippen LogP contribution in [0, 0.1) is 0 Å². The summed E-state index contributed by atoms with van der Waals surface area (Å²) in [6.45, 7) is 4.29. The van der Waals surface area contributed by atoms with Gasteiger partial charge in [0.15, 0.2) is 0 Å². The Bertz CT molecular complexity index is 657. The van der Waals surface area contributed by atoms with Crippen LogP contribution in [0.2, 0.25) is 0 Å². The zero-order valence-electron chi connectivity index (χ0n) is 16.6. The molecule has 2 aliphatic heterocycles. The molecular formula is C20H29F3N4O2. The molecule has 0 radical (unpaired) electrons. The maximum atomic E-state index is 12.6. The van der Waals surface area contributed by atoms with Gasteiger partial charge in [0, 0.05) is 63.8 Å². The predicted molar refractivity (Wildman–Crippen MR) is 106 cm³/mol. The minimum absolute atomic E-state index is 0.0908. The van der Waals surface area contributed by atoms with E-state index >= 15 is 0 Å². The van der Waals surface area contributed by atoms with E-state index < -0.39 is 12.8 Å². The summed E-state index contributed by atoms with van der Waals surface area (Å²) >= 11 is 0. The molecular weight excluding hydrogens is 385 g/mol. The minimum atomic E-state index is -4.27. The van der Waals surface area contributed by atoms with E-state index in [0.29, 0.717) is 39.1 Å². The van der Waals surface area contributed by atoms with Crippen molar-refractivity contribution in [3.8, 4) is 0 Å². The van der Waals surface area contributed by atoms with Crippen LogP contribution in [0.1, 0.15) is 19.3 Å². The number of nitrogens with zero attached hydrogens (tertiary/aromatic N) is 3. The number of piperazine rings is 1. The third-order valence-corrected chi connectivity index (χ3v) is 5.26. The van der Waals surface area contributed by atoms with Crippen LogP contribution in [0.3, 0.4) is 0 Å². The van der Waals surface area contributed by atoms with E-state index in [0.717, 1.165) is 24.5 Å².